The Morgan fingerprint density at radius 2 is 1.45 bits per heavy atom. The van der Waals surface area contributed by atoms with Gasteiger partial charge in [-0.1, -0.05) is 18.2 Å². The summed E-state index contributed by atoms with van der Waals surface area (Å²) in [5.41, 5.74) is 0.484. The van der Waals surface area contributed by atoms with Gasteiger partial charge in [-0.25, -0.2) is 14.4 Å². The molecule has 0 radical (unpaired) electrons. The number of ether oxygens (including phenoxy) is 1. The summed E-state index contributed by atoms with van der Waals surface area (Å²) in [5, 5.41) is 8.94. The molecule has 6 heteroatoms. The van der Waals surface area contributed by atoms with Crippen LogP contribution in [0.4, 0.5) is 0 Å². The summed E-state index contributed by atoms with van der Waals surface area (Å²) in [4.78, 5) is 46.2. The van der Waals surface area contributed by atoms with Gasteiger partial charge in [-0.05, 0) is 24.3 Å². The van der Waals surface area contributed by atoms with Gasteiger partial charge in [0.1, 0.15) is 0 Å². The SMILES string of the molecule is O=C(O)c1cccc(C(=O)c2ccc3c(c2)C(=O)OC3=O)c1. The van der Waals surface area contributed by atoms with Crippen LogP contribution in [0.2, 0.25) is 0 Å². The quantitative estimate of drug-likeness (QED) is 0.528. The minimum Gasteiger partial charge on any atom is -0.478 e. The first-order valence-corrected chi connectivity index (χ1v) is 6.26. The van der Waals surface area contributed by atoms with Crippen LogP contribution in [0.25, 0.3) is 0 Å². The van der Waals surface area contributed by atoms with Gasteiger partial charge in [0.25, 0.3) is 0 Å². The Kier molecular flexibility index (Phi) is 3.06. The number of fused-ring (bicyclic) bond motifs is 1. The van der Waals surface area contributed by atoms with Gasteiger partial charge in [0.2, 0.25) is 0 Å². The van der Waals surface area contributed by atoms with Gasteiger partial charge in [-0.3, -0.25) is 4.79 Å². The van der Waals surface area contributed by atoms with Crippen molar-refractivity contribution in [2.24, 2.45) is 0 Å². The highest BCUT2D eigenvalue weighted by molar-refractivity contribution is 6.17. The highest BCUT2D eigenvalue weighted by atomic mass is 16.6. The van der Waals surface area contributed by atoms with Crippen molar-refractivity contribution in [3.05, 3.63) is 70.3 Å². The molecule has 0 aromatic heterocycles. The number of rotatable bonds is 3. The molecule has 108 valence electrons. The van der Waals surface area contributed by atoms with Gasteiger partial charge < -0.3 is 9.84 Å². The Labute approximate surface area is 123 Å². The predicted octanol–water partition coefficient (Wildman–Crippen LogP) is 1.93. The molecular formula is C16H8O6. The maximum absolute atomic E-state index is 12.4. The Balaban J connectivity index is 2.02. The molecule has 2 aromatic rings. The van der Waals surface area contributed by atoms with Crippen molar-refractivity contribution in [2.45, 2.75) is 0 Å². The van der Waals surface area contributed by atoms with Crippen molar-refractivity contribution < 1.29 is 29.0 Å². The number of ketones is 1. The van der Waals surface area contributed by atoms with Crippen LogP contribution in [-0.4, -0.2) is 28.8 Å². The molecule has 0 spiro atoms. The molecule has 0 fully saturated rings. The van der Waals surface area contributed by atoms with Gasteiger partial charge in [0, 0.05) is 11.1 Å². The normalized spacial score (nSPS) is 12.7. The lowest BCUT2D eigenvalue weighted by Crippen LogP contribution is -2.05. The fourth-order valence-electron chi connectivity index (χ4n) is 2.19. The van der Waals surface area contributed by atoms with Crippen molar-refractivity contribution in [3.8, 4) is 0 Å². The molecule has 1 aliphatic rings. The summed E-state index contributed by atoms with van der Waals surface area (Å²) in [6.45, 7) is 0. The summed E-state index contributed by atoms with van der Waals surface area (Å²) in [5.74, 6) is -3.13. The summed E-state index contributed by atoms with van der Waals surface area (Å²) in [7, 11) is 0. The largest absolute Gasteiger partial charge is 0.478 e. The lowest BCUT2D eigenvalue weighted by atomic mass is 9.98. The maximum Gasteiger partial charge on any atom is 0.346 e. The van der Waals surface area contributed by atoms with E-state index in [0.717, 1.165) is 0 Å². The van der Waals surface area contributed by atoms with E-state index < -0.39 is 23.7 Å². The molecule has 0 bridgehead atoms. The molecule has 0 saturated heterocycles. The molecular weight excluding hydrogens is 288 g/mol. The number of carbonyl (C=O) groups excluding carboxylic acids is 3. The fourth-order valence-corrected chi connectivity index (χ4v) is 2.19. The number of esters is 2. The first-order chi connectivity index (χ1) is 10.5. The van der Waals surface area contributed by atoms with Crippen LogP contribution in [0.5, 0.6) is 0 Å². The van der Waals surface area contributed by atoms with Crippen LogP contribution in [0.15, 0.2) is 42.5 Å². The summed E-state index contributed by atoms with van der Waals surface area (Å²) < 4.78 is 4.46. The van der Waals surface area contributed by atoms with Crippen LogP contribution in [0, 0.1) is 0 Å². The Bertz CT molecular complexity index is 849. The molecule has 6 nitrogen and oxygen atoms in total. The minimum atomic E-state index is -1.14. The Morgan fingerprint density at radius 3 is 2.18 bits per heavy atom. The van der Waals surface area contributed by atoms with E-state index in [1.54, 1.807) is 0 Å². The fraction of sp³-hybridized carbons (Fsp3) is 0. The molecule has 0 amide bonds. The van der Waals surface area contributed by atoms with E-state index in [4.69, 9.17) is 5.11 Å². The van der Waals surface area contributed by atoms with Gasteiger partial charge in [0.05, 0.1) is 16.7 Å². The molecule has 1 aliphatic heterocycles. The standard InChI is InChI=1S/C16H8O6/c17-13(8-2-1-3-10(6-8)14(18)19)9-4-5-11-12(7-9)16(21)22-15(11)20/h1-7H,(H,18,19). The summed E-state index contributed by atoms with van der Waals surface area (Å²) >= 11 is 0. The van der Waals surface area contributed by atoms with Crippen molar-refractivity contribution >= 4 is 23.7 Å². The smallest absolute Gasteiger partial charge is 0.346 e. The predicted molar refractivity (Wildman–Crippen MR) is 73.0 cm³/mol. The average molecular weight is 296 g/mol. The topological polar surface area (TPSA) is 97.7 Å². The molecule has 0 atom stereocenters. The van der Waals surface area contributed by atoms with Gasteiger partial charge in [-0.2, -0.15) is 0 Å². The molecule has 0 aliphatic carbocycles. The van der Waals surface area contributed by atoms with Crippen LogP contribution in [-0.2, 0) is 4.74 Å². The summed E-state index contributed by atoms with van der Waals surface area (Å²) in [6, 6.07) is 9.58. The minimum absolute atomic E-state index is 0.0124. The number of carbonyl (C=O) groups is 4. The summed E-state index contributed by atoms with van der Waals surface area (Å²) in [6.07, 6.45) is 0. The molecule has 1 heterocycles. The second-order valence-electron chi connectivity index (χ2n) is 4.65. The zero-order chi connectivity index (χ0) is 15.9. The third kappa shape index (κ3) is 2.16. The molecule has 3 rings (SSSR count). The average Bonchev–Trinajstić information content (AvgIpc) is 2.81. The van der Waals surface area contributed by atoms with E-state index in [2.05, 4.69) is 4.74 Å². The molecule has 0 unspecified atom stereocenters. The van der Waals surface area contributed by atoms with E-state index in [0.29, 0.717) is 0 Å². The van der Waals surface area contributed by atoms with Crippen LogP contribution in [0.1, 0.15) is 47.0 Å². The number of carboxylic acid groups (broad SMARTS) is 1. The van der Waals surface area contributed by atoms with E-state index in [1.165, 1.54) is 42.5 Å². The van der Waals surface area contributed by atoms with Gasteiger partial charge >= 0.3 is 17.9 Å². The monoisotopic (exact) mass is 296 g/mol. The van der Waals surface area contributed by atoms with Crippen LogP contribution in [0.3, 0.4) is 0 Å². The van der Waals surface area contributed by atoms with Gasteiger partial charge in [-0.15, -0.1) is 0 Å². The number of carboxylic acids is 1. The Hall–Kier alpha value is -3.28. The van der Waals surface area contributed by atoms with Crippen LogP contribution < -0.4 is 0 Å². The maximum atomic E-state index is 12.4. The van der Waals surface area contributed by atoms with Crippen LogP contribution >= 0.6 is 0 Å². The highest BCUT2D eigenvalue weighted by Crippen LogP contribution is 2.22. The van der Waals surface area contributed by atoms with E-state index >= 15 is 0 Å². The van der Waals surface area contributed by atoms with E-state index in [-0.39, 0.29) is 27.8 Å². The van der Waals surface area contributed by atoms with Crippen molar-refractivity contribution in [1.29, 1.82) is 0 Å². The number of cyclic esters (lactones) is 2. The number of hydrogen-bond donors (Lipinski definition) is 1. The number of hydrogen-bond acceptors (Lipinski definition) is 5. The van der Waals surface area contributed by atoms with Crippen molar-refractivity contribution in [2.75, 3.05) is 0 Å². The molecule has 22 heavy (non-hydrogen) atoms. The van der Waals surface area contributed by atoms with E-state index in [1.807, 2.05) is 0 Å². The van der Waals surface area contributed by atoms with Gasteiger partial charge in [0.15, 0.2) is 5.78 Å². The third-order valence-corrected chi connectivity index (χ3v) is 3.28. The molecule has 0 saturated carbocycles. The molecule has 1 N–H and O–H groups in total. The Morgan fingerprint density at radius 1 is 0.818 bits per heavy atom. The highest BCUT2D eigenvalue weighted by Gasteiger charge is 2.30. The lowest BCUT2D eigenvalue weighted by Gasteiger charge is -2.03. The first kappa shape index (κ1) is 13.7. The van der Waals surface area contributed by atoms with E-state index in [9.17, 15) is 19.2 Å². The lowest BCUT2D eigenvalue weighted by molar-refractivity contribution is 0.0443. The zero-order valence-electron chi connectivity index (χ0n) is 11.0. The molecule has 2 aromatic carbocycles. The zero-order valence-corrected chi connectivity index (χ0v) is 11.0. The van der Waals surface area contributed by atoms with Crippen molar-refractivity contribution in [3.63, 3.8) is 0 Å². The van der Waals surface area contributed by atoms with Crippen molar-refractivity contribution in [1.82, 2.24) is 0 Å². The number of aromatic carboxylic acids is 1. The second kappa shape index (κ2) is 4.92. The first-order valence-electron chi connectivity index (χ1n) is 6.26. The number of benzene rings is 2. The second-order valence-corrected chi connectivity index (χ2v) is 4.65. The third-order valence-electron chi connectivity index (χ3n) is 3.28.